The van der Waals surface area contributed by atoms with E-state index in [9.17, 15) is 9.59 Å². The maximum atomic E-state index is 11.0. The molecule has 0 saturated heterocycles. The lowest BCUT2D eigenvalue weighted by atomic mass is 10.4. The first-order valence-corrected chi connectivity index (χ1v) is 5.50. The highest BCUT2D eigenvalue weighted by atomic mass is 32.2. The molecule has 76 valence electrons. The quantitative estimate of drug-likeness (QED) is 0.621. The summed E-state index contributed by atoms with van der Waals surface area (Å²) in [6, 6.07) is 0. The highest BCUT2D eigenvalue weighted by Gasteiger charge is 2.04. The van der Waals surface area contributed by atoms with Gasteiger partial charge in [-0.3, -0.25) is 9.59 Å². The van der Waals surface area contributed by atoms with E-state index in [1.165, 1.54) is 11.8 Å². The predicted octanol–water partition coefficient (Wildman–Crippen LogP) is 2.00. The van der Waals surface area contributed by atoms with Gasteiger partial charge in [0.05, 0.1) is 13.0 Å². The second kappa shape index (κ2) is 8.10. The molecule has 0 spiro atoms. The van der Waals surface area contributed by atoms with Gasteiger partial charge in [0, 0.05) is 12.2 Å². The van der Waals surface area contributed by atoms with Gasteiger partial charge in [0.25, 0.3) is 0 Å². The summed E-state index contributed by atoms with van der Waals surface area (Å²) in [5.74, 6) is 0.316. The van der Waals surface area contributed by atoms with E-state index in [1.807, 2.05) is 6.92 Å². The zero-order valence-corrected chi connectivity index (χ0v) is 8.99. The van der Waals surface area contributed by atoms with Crippen LogP contribution in [0.3, 0.4) is 0 Å². The second-order valence-corrected chi connectivity index (χ2v) is 3.68. The van der Waals surface area contributed by atoms with E-state index in [-0.39, 0.29) is 11.1 Å². The van der Waals surface area contributed by atoms with Gasteiger partial charge in [-0.15, -0.1) is 0 Å². The monoisotopic (exact) mass is 204 g/mol. The van der Waals surface area contributed by atoms with Crippen LogP contribution in [0.2, 0.25) is 0 Å². The summed E-state index contributed by atoms with van der Waals surface area (Å²) < 4.78 is 4.72. The minimum Gasteiger partial charge on any atom is -0.466 e. The molecule has 0 N–H and O–H groups in total. The van der Waals surface area contributed by atoms with Crippen LogP contribution < -0.4 is 0 Å². The SMILES string of the molecule is CCCC(=O)SCCC(=O)OCC. The van der Waals surface area contributed by atoms with E-state index >= 15 is 0 Å². The van der Waals surface area contributed by atoms with Gasteiger partial charge < -0.3 is 4.74 Å². The van der Waals surface area contributed by atoms with E-state index in [2.05, 4.69) is 0 Å². The van der Waals surface area contributed by atoms with Gasteiger partial charge in [0.15, 0.2) is 5.12 Å². The first-order valence-electron chi connectivity index (χ1n) is 4.52. The number of carbonyl (C=O) groups excluding carboxylic acids is 2. The van der Waals surface area contributed by atoms with Crippen molar-refractivity contribution in [2.75, 3.05) is 12.4 Å². The standard InChI is InChI=1S/C9H16O3S/c1-3-5-9(11)13-7-6-8(10)12-4-2/h3-7H2,1-2H3. The normalized spacial score (nSPS) is 9.69. The lowest BCUT2D eigenvalue weighted by Gasteiger charge is -2.00. The largest absolute Gasteiger partial charge is 0.466 e. The fourth-order valence-electron chi connectivity index (χ4n) is 0.758. The summed E-state index contributed by atoms with van der Waals surface area (Å²) in [5.41, 5.74) is 0. The molecule has 0 rings (SSSR count). The summed E-state index contributed by atoms with van der Waals surface area (Å²) in [7, 11) is 0. The molecule has 0 aliphatic carbocycles. The number of esters is 1. The summed E-state index contributed by atoms with van der Waals surface area (Å²) in [6.45, 7) is 4.14. The molecule has 0 aromatic rings. The molecule has 0 saturated carbocycles. The molecule has 0 aliphatic heterocycles. The van der Waals surface area contributed by atoms with Crippen LogP contribution in [0.5, 0.6) is 0 Å². The molecule has 0 fully saturated rings. The topological polar surface area (TPSA) is 43.4 Å². The molecule has 0 unspecified atom stereocenters. The van der Waals surface area contributed by atoms with Crippen molar-refractivity contribution in [3.8, 4) is 0 Å². The van der Waals surface area contributed by atoms with Crippen LogP contribution in [0.1, 0.15) is 33.1 Å². The Bertz CT molecular complexity index is 150. The van der Waals surface area contributed by atoms with E-state index in [1.54, 1.807) is 6.92 Å². The molecular weight excluding hydrogens is 188 g/mol. The summed E-state index contributed by atoms with van der Waals surface area (Å²) in [4.78, 5) is 21.8. The molecular formula is C9H16O3S. The number of hydrogen-bond acceptors (Lipinski definition) is 4. The van der Waals surface area contributed by atoms with Crippen LogP contribution >= 0.6 is 11.8 Å². The van der Waals surface area contributed by atoms with Gasteiger partial charge >= 0.3 is 5.97 Å². The molecule has 0 aromatic carbocycles. The van der Waals surface area contributed by atoms with Crippen molar-refractivity contribution in [1.82, 2.24) is 0 Å². The second-order valence-electron chi connectivity index (χ2n) is 2.53. The Hall–Kier alpha value is -0.510. The first kappa shape index (κ1) is 12.5. The molecule has 0 bridgehead atoms. The lowest BCUT2D eigenvalue weighted by Crippen LogP contribution is -2.05. The van der Waals surface area contributed by atoms with Crippen LogP contribution in [0.4, 0.5) is 0 Å². The third kappa shape index (κ3) is 7.84. The van der Waals surface area contributed by atoms with Crippen LogP contribution in [0.15, 0.2) is 0 Å². The minimum absolute atomic E-state index is 0.159. The van der Waals surface area contributed by atoms with Crippen molar-refractivity contribution in [2.45, 2.75) is 33.1 Å². The maximum absolute atomic E-state index is 11.0. The van der Waals surface area contributed by atoms with Crippen LogP contribution in [-0.2, 0) is 14.3 Å². The molecule has 0 radical (unpaired) electrons. The van der Waals surface area contributed by atoms with Crippen LogP contribution in [0.25, 0.3) is 0 Å². The maximum Gasteiger partial charge on any atom is 0.306 e. The number of hydrogen-bond donors (Lipinski definition) is 0. The average molecular weight is 204 g/mol. The third-order valence-corrected chi connectivity index (χ3v) is 2.26. The minimum atomic E-state index is -0.223. The molecule has 4 heteroatoms. The van der Waals surface area contributed by atoms with Gasteiger partial charge in [-0.25, -0.2) is 0 Å². The highest BCUT2D eigenvalue weighted by molar-refractivity contribution is 8.13. The number of thioether (sulfide) groups is 1. The van der Waals surface area contributed by atoms with Crippen molar-refractivity contribution in [3.05, 3.63) is 0 Å². The van der Waals surface area contributed by atoms with Gasteiger partial charge in [-0.2, -0.15) is 0 Å². The Kier molecular flexibility index (Phi) is 7.79. The molecule has 0 aromatic heterocycles. The number of ether oxygens (including phenoxy) is 1. The van der Waals surface area contributed by atoms with E-state index in [4.69, 9.17) is 4.74 Å². The summed E-state index contributed by atoms with van der Waals surface area (Å²) >= 11 is 1.22. The Morgan fingerprint density at radius 1 is 1.23 bits per heavy atom. The summed E-state index contributed by atoms with van der Waals surface area (Å²) in [6.07, 6.45) is 1.78. The van der Waals surface area contributed by atoms with Crippen molar-refractivity contribution < 1.29 is 14.3 Å². The molecule has 0 atom stereocenters. The molecule has 0 amide bonds. The molecule has 3 nitrogen and oxygen atoms in total. The molecule has 0 heterocycles. The number of rotatable bonds is 6. The average Bonchev–Trinajstić information content (AvgIpc) is 2.05. The zero-order valence-electron chi connectivity index (χ0n) is 8.17. The van der Waals surface area contributed by atoms with Gasteiger partial charge in [-0.1, -0.05) is 18.7 Å². The summed E-state index contributed by atoms with van der Waals surface area (Å²) in [5, 5.41) is 0.159. The van der Waals surface area contributed by atoms with E-state index < -0.39 is 0 Å². The fraction of sp³-hybridized carbons (Fsp3) is 0.778. The molecule has 13 heavy (non-hydrogen) atoms. The predicted molar refractivity (Wildman–Crippen MR) is 53.6 cm³/mol. The van der Waals surface area contributed by atoms with Crippen molar-refractivity contribution >= 4 is 22.8 Å². The Morgan fingerprint density at radius 2 is 1.92 bits per heavy atom. The smallest absolute Gasteiger partial charge is 0.306 e. The van der Waals surface area contributed by atoms with Gasteiger partial charge in [0.2, 0.25) is 0 Å². The Morgan fingerprint density at radius 3 is 2.46 bits per heavy atom. The lowest BCUT2D eigenvalue weighted by molar-refractivity contribution is -0.142. The third-order valence-electron chi connectivity index (χ3n) is 1.33. The fourth-order valence-corrected chi connectivity index (χ4v) is 1.60. The first-order chi connectivity index (χ1) is 6.20. The van der Waals surface area contributed by atoms with Crippen LogP contribution in [0, 0.1) is 0 Å². The van der Waals surface area contributed by atoms with Crippen molar-refractivity contribution in [1.29, 1.82) is 0 Å². The highest BCUT2D eigenvalue weighted by Crippen LogP contribution is 2.08. The number of carbonyl (C=O) groups is 2. The Balaban J connectivity index is 3.33. The van der Waals surface area contributed by atoms with Crippen molar-refractivity contribution in [2.24, 2.45) is 0 Å². The van der Waals surface area contributed by atoms with Gasteiger partial charge in [0.1, 0.15) is 0 Å². The van der Waals surface area contributed by atoms with E-state index in [0.717, 1.165) is 6.42 Å². The van der Waals surface area contributed by atoms with Crippen LogP contribution in [-0.4, -0.2) is 23.4 Å². The van der Waals surface area contributed by atoms with Crippen molar-refractivity contribution in [3.63, 3.8) is 0 Å². The molecule has 0 aliphatic rings. The Labute approximate surface area is 83.2 Å². The van der Waals surface area contributed by atoms with Gasteiger partial charge in [-0.05, 0) is 13.3 Å². The van der Waals surface area contributed by atoms with E-state index in [0.29, 0.717) is 25.2 Å². The zero-order chi connectivity index (χ0) is 10.1.